The maximum Gasteiger partial charge on any atom is 0.243 e. The molecule has 6 heteroatoms. The van der Waals surface area contributed by atoms with Crippen molar-refractivity contribution in [1.29, 1.82) is 0 Å². The van der Waals surface area contributed by atoms with Gasteiger partial charge in [0.25, 0.3) is 0 Å². The molecule has 1 aromatic carbocycles. The van der Waals surface area contributed by atoms with E-state index in [2.05, 4.69) is 0 Å². The molecule has 0 unspecified atom stereocenters. The Balaban J connectivity index is 2.29. The molecule has 0 aliphatic carbocycles. The first-order valence-electron chi connectivity index (χ1n) is 8.74. The number of hydrogen-bond donors (Lipinski definition) is 0. The van der Waals surface area contributed by atoms with Gasteiger partial charge in [0.05, 0.1) is 4.90 Å². The first-order chi connectivity index (χ1) is 11.4. The van der Waals surface area contributed by atoms with Crippen LogP contribution in [-0.2, 0) is 14.8 Å². The van der Waals surface area contributed by atoms with Gasteiger partial charge < -0.3 is 4.90 Å². The van der Waals surface area contributed by atoms with Crippen molar-refractivity contribution >= 4 is 15.9 Å². The molecule has 2 rings (SSSR count). The Hall–Kier alpha value is -1.40. The van der Waals surface area contributed by atoms with E-state index in [1.54, 1.807) is 4.90 Å². The van der Waals surface area contributed by atoms with Gasteiger partial charge in [-0.25, -0.2) is 8.42 Å². The molecule has 0 atom stereocenters. The average molecular weight is 367 g/mol. The predicted octanol–water partition coefficient (Wildman–Crippen LogP) is 2.80. The molecule has 5 nitrogen and oxygen atoms in total. The molecule has 0 bridgehead atoms. The molecule has 0 radical (unpaired) electrons. The lowest BCUT2D eigenvalue weighted by atomic mass is 9.94. The number of aryl methyl sites for hydroxylation is 2. The quantitative estimate of drug-likeness (QED) is 0.809. The van der Waals surface area contributed by atoms with Crippen molar-refractivity contribution in [1.82, 2.24) is 9.21 Å². The van der Waals surface area contributed by atoms with Crippen LogP contribution in [0.15, 0.2) is 11.0 Å². The van der Waals surface area contributed by atoms with Gasteiger partial charge in [-0.3, -0.25) is 4.79 Å². The molecule has 0 spiro atoms. The molecule has 140 valence electrons. The van der Waals surface area contributed by atoms with Crippen LogP contribution in [0.1, 0.15) is 43.0 Å². The maximum absolute atomic E-state index is 13.2. The summed E-state index contributed by atoms with van der Waals surface area (Å²) < 4.78 is 28.0. The van der Waals surface area contributed by atoms with Crippen molar-refractivity contribution in [3.8, 4) is 0 Å². The number of carbonyl (C=O) groups excluding carboxylic acids is 1. The summed E-state index contributed by atoms with van der Waals surface area (Å²) in [4.78, 5) is 14.6. The Morgan fingerprint density at radius 3 is 1.76 bits per heavy atom. The molecule has 0 aromatic heterocycles. The van der Waals surface area contributed by atoms with Gasteiger partial charge in [-0.05, 0) is 49.9 Å². The fourth-order valence-corrected chi connectivity index (χ4v) is 5.30. The van der Waals surface area contributed by atoms with Gasteiger partial charge in [0, 0.05) is 31.6 Å². The second-order valence-corrected chi connectivity index (χ2v) is 9.91. The predicted molar refractivity (Wildman–Crippen MR) is 100 cm³/mol. The van der Waals surface area contributed by atoms with Crippen LogP contribution in [0.5, 0.6) is 0 Å². The first kappa shape index (κ1) is 19.9. The summed E-state index contributed by atoms with van der Waals surface area (Å²) >= 11 is 0. The maximum atomic E-state index is 13.2. The number of piperazine rings is 1. The third-order valence-electron chi connectivity index (χ3n) is 5.06. The van der Waals surface area contributed by atoms with Gasteiger partial charge >= 0.3 is 0 Å². The van der Waals surface area contributed by atoms with Crippen LogP contribution >= 0.6 is 0 Å². The largest absolute Gasteiger partial charge is 0.340 e. The molecule has 25 heavy (non-hydrogen) atoms. The van der Waals surface area contributed by atoms with Crippen LogP contribution in [0.4, 0.5) is 0 Å². The zero-order chi connectivity index (χ0) is 19.2. The standard InChI is InChI=1S/C19H30N2O3S/c1-13-12-14(2)16(4)17(15(13)3)25(23,24)21-10-8-20(9-11-21)18(22)19(5,6)7/h12H,8-11H2,1-7H3. The minimum atomic E-state index is -3.56. The molecule has 1 heterocycles. The smallest absolute Gasteiger partial charge is 0.243 e. The summed E-state index contributed by atoms with van der Waals surface area (Å²) in [5.74, 6) is 0.0725. The number of nitrogens with zero attached hydrogens (tertiary/aromatic N) is 2. The van der Waals surface area contributed by atoms with Crippen LogP contribution < -0.4 is 0 Å². The summed E-state index contributed by atoms with van der Waals surface area (Å²) in [6.45, 7) is 14.9. The fraction of sp³-hybridized carbons (Fsp3) is 0.632. The number of amides is 1. The zero-order valence-electron chi connectivity index (χ0n) is 16.4. The van der Waals surface area contributed by atoms with E-state index in [1.165, 1.54) is 4.31 Å². The highest BCUT2D eigenvalue weighted by atomic mass is 32.2. The molecular formula is C19H30N2O3S. The van der Waals surface area contributed by atoms with E-state index < -0.39 is 15.4 Å². The fourth-order valence-electron chi connectivity index (χ4n) is 3.30. The molecule has 0 saturated carbocycles. The molecule has 1 amide bonds. The third-order valence-corrected chi connectivity index (χ3v) is 7.24. The van der Waals surface area contributed by atoms with E-state index in [9.17, 15) is 13.2 Å². The minimum absolute atomic E-state index is 0.0725. The first-order valence-corrected chi connectivity index (χ1v) is 10.2. The monoisotopic (exact) mass is 366 g/mol. The molecule has 0 N–H and O–H groups in total. The molecule has 1 aliphatic heterocycles. The Morgan fingerprint density at radius 2 is 1.36 bits per heavy atom. The lowest BCUT2D eigenvalue weighted by Crippen LogP contribution is -2.53. The molecule has 1 aromatic rings. The number of rotatable bonds is 2. The number of carbonyl (C=O) groups is 1. The van der Waals surface area contributed by atoms with Crippen LogP contribution in [0.2, 0.25) is 0 Å². The lowest BCUT2D eigenvalue weighted by molar-refractivity contribution is -0.140. The van der Waals surface area contributed by atoms with Crippen LogP contribution in [0, 0.1) is 33.1 Å². The second-order valence-electron chi connectivity index (χ2n) is 8.04. The van der Waals surface area contributed by atoms with Crippen molar-refractivity contribution in [2.45, 2.75) is 53.4 Å². The van der Waals surface area contributed by atoms with E-state index in [0.29, 0.717) is 31.1 Å². The normalized spacial score (nSPS) is 17.0. The summed E-state index contributed by atoms with van der Waals surface area (Å²) in [7, 11) is -3.56. The SMILES string of the molecule is Cc1cc(C)c(C)c(S(=O)(=O)N2CCN(C(=O)C(C)(C)C)CC2)c1C. The third kappa shape index (κ3) is 3.75. The van der Waals surface area contributed by atoms with Crippen LogP contribution in [-0.4, -0.2) is 49.7 Å². The van der Waals surface area contributed by atoms with Gasteiger partial charge in [-0.1, -0.05) is 26.8 Å². The van der Waals surface area contributed by atoms with Gasteiger partial charge in [0.1, 0.15) is 0 Å². The van der Waals surface area contributed by atoms with Crippen LogP contribution in [0.25, 0.3) is 0 Å². The van der Waals surface area contributed by atoms with Crippen molar-refractivity contribution < 1.29 is 13.2 Å². The van der Waals surface area contributed by atoms with E-state index in [0.717, 1.165) is 22.3 Å². The van der Waals surface area contributed by atoms with E-state index >= 15 is 0 Å². The topological polar surface area (TPSA) is 57.7 Å². The Kier molecular flexibility index (Phi) is 5.36. The summed E-state index contributed by atoms with van der Waals surface area (Å²) in [6.07, 6.45) is 0. The number of hydrogen-bond acceptors (Lipinski definition) is 3. The van der Waals surface area contributed by atoms with Crippen molar-refractivity contribution in [2.24, 2.45) is 5.41 Å². The van der Waals surface area contributed by atoms with Gasteiger partial charge in [0.15, 0.2) is 0 Å². The summed E-state index contributed by atoms with van der Waals surface area (Å²) in [6, 6.07) is 2.03. The Morgan fingerprint density at radius 1 is 0.920 bits per heavy atom. The number of sulfonamides is 1. The van der Waals surface area contributed by atoms with Gasteiger partial charge in [0.2, 0.25) is 15.9 Å². The van der Waals surface area contributed by atoms with E-state index in [-0.39, 0.29) is 5.91 Å². The highest BCUT2D eigenvalue weighted by Crippen LogP contribution is 2.29. The van der Waals surface area contributed by atoms with Crippen molar-refractivity contribution in [3.05, 3.63) is 28.3 Å². The second kappa shape index (κ2) is 6.72. The van der Waals surface area contributed by atoms with Crippen molar-refractivity contribution in [3.63, 3.8) is 0 Å². The highest BCUT2D eigenvalue weighted by Gasteiger charge is 2.35. The van der Waals surface area contributed by atoms with Gasteiger partial charge in [-0.2, -0.15) is 4.31 Å². The number of benzene rings is 1. The molecular weight excluding hydrogens is 336 g/mol. The summed E-state index contributed by atoms with van der Waals surface area (Å²) in [5, 5.41) is 0. The minimum Gasteiger partial charge on any atom is -0.340 e. The molecule has 1 saturated heterocycles. The molecule has 1 aliphatic rings. The zero-order valence-corrected chi connectivity index (χ0v) is 17.2. The van der Waals surface area contributed by atoms with Crippen LogP contribution in [0.3, 0.4) is 0 Å². The summed E-state index contributed by atoms with van der Waals surface area (Å²) in [5.41, 5.74) is 3.17. The van der Waals surface area contributed by atoms with Gasteiger partial charge in [-0.15, -0.1) is 0 Å². The molecule has 1 fully saturated rings. The van der Waals surface area contributed by atoms with Crippen molar-refractivity contribution in [2.75, 3.05) is 26.2 Å². The Bertz CT molecular complexity index is 758. The van der Waals surface area contributed by atoms with E-state index in [4.69, 9.17) is 0 Å². The van der Waals surface area contributed by atoms with E-state index in [1.807, 2.05) is 54.5 Å². The lowest BCUT2D eigenvalue weighted by Gasteiger charge is -2.37. The highest BCUT2D eigenvalue weighted by molar-refractivity contribution is 7.89. The Labute approximate surface area is 152 Å². The average Bonchev–Trinajstić information content (AvgIpc) is 2.51.